The number of alkyl halides is 1. The topological polar surface area (TPSA) is 55.8 Å². The van der Waals surface area contributed by atoms with Gasteiger partial charge in [-0.1, -0.05) is 15.9 Å². The summed E-state index contributed by atoms with van der Waals surface area (Å²) in [7, 11) is 0. The van der Waals surface area contributed by atoms with Crippen LogP contribution in [0.15, 0.2) is 0 Å². The summed E-state index contributed by atoms with van der Waals surface area (Å²) in [6.07, 6.45) is 1.74. The number of imide groups is 1. The average molecular weight is 306 g/mol. The normalized spacial score (nSPS) is 25.1. The zero-order valence-corrected chi connectivity index (χ0v) is 11.2. The predicted molar refractivity (Wildman–Crippen MR) is 63.8 cm³/mol. The van der Waals surface area contributed by atoms with E-state index in [1.165, 1.54) is 4.90 Å². The molecule has 0 N–H and O–H groups in total. The molecule has 0 spiro atoms. The van der Waals surface area contributed by atoms with E-state index < -0.39 is 0 Å². The number of rotatable bonds is 3. The summed E-state index contributed by atoms with van der Waals surface area (Å²) in [6, 6.07) is 0. The first-order chi connectivity index (χ1) is 8.17. The fraction of sp³-hybridized carbons (Fsp3) is 0.818. The molecule has 17 heavy (non-hydrogen) atoms. The Bertz CT molecular complexity index is 299. The highest BCUT2D eigenvalue weighted by molar-refractivity contribution is 9.09. The molecule has 0 radical (unpaired) electrons. The van der Waals surface area contributed by atoms with Gasteiger partial charge in [0.1, 0.15) is 13.2 Å². The lowest BCUT2D eigenvalue weighted by Crippen LogP contribution is -2.52. The van der Waals surface area contributed by atoms with Crippen molar-refractivity contribution in [3.63, 3.8) is 0 Å². The van der Waals surface area contributed by atoms with Gasteiger partial charge in [0.2, 0.25) is 0 Å². The molecule has 0 bridgehead atoms. The maximum absolute atomic E-state index is 11.7. The molecule has 2 amide bonds. The van der Waals surface area contributed by atoms with Gasteiger partial charge >= 0.3 is 0 Å². The van der Waals surface area contributed by atoms with E-state index in [-0.39, 0.29) is 30.4 Å². The molecule has 2 aliphatic heterocycles. The minimum atomic E-state index is -0.229. The number of hydrogen-bond acceptors (Lipinski definition) is 4. The third kappa shape index (κ3) is 2.86. The minimum absolute atomic E-state index is 0.0145. The predicted octanol–water partition coefficient (Wildman–Crippen LogP) is 0.563. The van der Waals surface area contributed by atoms with Gasteiger partial charge in [-0.2, -0.15) is 0 Å². The Morgan fingerprint density at radius 3 is 2.24 bits per heavy atom. The highest BCUT2D eigenvalue weighted by Gasteiger charge is 2.38. The maximum atomic E-state index is 11.7. The molecule has 0 saturated carbocycles. The number of amides is 2. The Kier molecular flexibility index (Phi) is 4.17. The third-order valence-corrected chi connectivity index (χ3v) is 4.57. The molecule has 2 fully saturated rings. The van der Waals surface area contributed by atoms with E-state index in [0.717, 1.165) is 18.2 Å². The number of hydrogen-bond donors (Lipinski definition) is 0. The monoisotopic (exact) mass is 305 g/mol. The quantitative estimate of drug-likeness (QED) is 0.565. The van der Waals surface area contributed by atoms with Gasteiger partial charge in [0.15, 0.2) is 0 Å². The van der Waals surface area contributed by atoms with Crippen molar-refractivity contribution in [1.82, 2.24) is 4.90 Å². The van der Waals surface area contributed by atoms with Crippen LogP contribution in [0.25, 0.3) is 0 Å². The smallest absolute Gasteiger partial charge is 0.255 e. The van der Waals surface area contributed by atoms with Crippen molar-refractivity contribution >= 4 is 27.7 Å². The van der Waals surface area contributed by atoms with Crippen molar-refractivity contribution in [3.8, 4) is 0 Å². The standard InChI is InChI=1S/C11H16BrNO4/c12-7-11(1-3-16-4-2-11)8-13-9(14)5-17-6-10(13)15/h1-8H2. The Balaban J connectivity index is 2.06. The van der Waals surface area contributed by atoms with Crippen LogP contribution in [-0.4, -0.2) is 55.0 Å². The van der Waals surface area contributed by atoms with E-state index in [4.69, 9.17) is 9.47 Å². The van der Waals surface area contributed by atoms with Crippen LogP contribution in [0.1, 0.15) is 12.8 Å². The van der Waals surface area contributed by atoms with Crippen LogP contribution in [-0.2, 0) is 19.1 Å². The van der Waals surface area contributed by atoms with E-state index in [1.807, 2.05) is 0 Å². The number of carbonyl (C=O) groups excluding carboxylic acids is 2. The molecule has 5 nitrogen and oxygen atoms in total. The molecule has 0 atom stereocenters. The molecule has 6 heteroatoms. The summed E-state index contributed by atoms with van der Waals surface area (Å²) < 4.78 is 10.2. The molecule has 0 aromatic carbocycles. The van der Waals surface area contributed by atoms with E-state index in [0.29, 0.717) is 19.8 Å². The number of halogens is 1. The summed E-state index contributed by atoms with van der Waals surface area (Å²) >= 11 is 3.50. The molecule has 2 saturated heterocycles. The van der Waals surface area contributed by atoms with E-state index in [1.54, 1.807) is 0 Å². The Morgan fingerprint density at radius 1 is 1.12 bits per heavy atom. The summed E-state index contributed by atoms with van der Waals surface area (Å²) in [6.45, 7) is 1.89. The van der Waals surface area contributed by atoms with Crippen molar-refractivity contribution in [2.45, 2.75) is 12.8 Å². The van der Waals surface area contributed by atoms with Crippen LogP contribution >= 0.6 is 15.9 Å². The van der Waals surface area contributed by atoms with Crippen molar-refractivity contribution in [2.24, 2.45) is 5.41 Å². The molecule has 2 heterocycles. The molecular formula is C11H16BrNO4. The Morgan fingerprint density at radius 2 is 1.71 bits per heavy atom. The van der Waals surface area contributed by atoms with Gasteiger partial charge in [-0.15, -0.1) is 0 Å². The summed E-state index contributed by atoms with van der Waals surface area (Å²) in [5.74, 6) is -0.457. The first-order valence-corrected chi connectivity index (χ1v) is 6.84. The average Bonchev–Trinajstić information content (AvgIpc) is 2.35. The highest BCUT2D eigenvalue weighted by atomic mass is 79.9. The zero-order valence-electron chi connectivity index (χ0n) is 9.62. The summed E-state index contributed by atoms with van der Waals surface area (Å²) in [4.78, 5) is 24.7. The van der Waals surface area contributed by atoms with Gasteiger partial charge in [0, 0.05) is 30.5 Å². The largest absolute Gasteiger partial charge is 0.381 e. The molecule has 2 aliphatic rings. The first kappa shape index (κ1) is 13.0. The lowest BCUT2D eigenvalue weighted by molar-refractivity contribution is -0.161. The zero-order chi connectivity index (χ0) is 12.3. The molecule has 96 valence electrons. The molecule has 0 aliphatic carbocycles. The minimum Gasteiger partial charge on any atom is -0.381 e. The van der Waals surface area contributed by atoms with Crippen molar-refractivity contribution in [3.05, 3.63) is 0 Å². The van der Waals surface area contributed by atoms with Crippen LogP contribution in [0, 0.1) is 5.41 Å². The molecule has 0 aromatic heterocycles. The van der Waals surface area contributed by atoms with Gasteiger partial charge in [-0.25, -0.2) is 0 Å². The lowest BCUT2D eigenvalue weighted by atomic mass is 9.81. The molecular weight excluding hydrogens is 290 g/mol. The third-order valence-electron chi connectivity index (χ3n) is 3.38. The number of ether oxygens (including phenoxy) is 2. The lowest BCUT2D eigenvalue weighted by Gasteiger charge is -2.39. The van der Waals surface area contributed by atoms with Crippen LogP contribution in [0.5, 0.6) is 0 Å². The van der Waals surface area contributed by atoms with Crippen molar-refractivity contribution in [2.75, 3.05) is 38.3 Å². The van der Waals surface area contributed by atoms with Crippen molar-refractivity contribution in [1.29, 1.82) is 0 Å². The second-order valence-electron chi connectivity index (χ2n) is 4.61. The van der Waals surface area contributed by atoms with Gasteiger partial charge in [-0.3, -0.25) is 14.5 Å². The van der Waals surface area contributed by atoms with Crippen LogP contribution in [0.3, 0.4) is 0 Å². The maximum Gasteiger partial charge on any atom is 0.255 e. The van der Waals surface area contributed by atoms with E-state index >= 15 is 0 Å². The van der Waals surface area contributed by atoms with Gasteiger partial charge in [-0.05, 0) is 12.8 Å². The molecule has 0 aromatic rings. The van der Waals surface area contributed by atoms with Crippen molar-refractivity contribution < 1.29 is 19.1 Å². The number of carbonyl (C=O) groups is 2. The Hall–Kier alpha value is -0.460. The summed E-state index contributed by atoms with van der Waals surface area (Å²) in [5.41, 5.74) is -0.0408. The second-order valence-corrected chi connectivity index (χ2v) is 5.17. The van der Waals surface area contributed by atoms with Crippen LogP contribution < -0.4 is 0 Å². The number of morpholine rings is 1. The number of nitrogens with zero attached hydrogens (tertiary/aromatic N) is 1. The van der Waals surface area contributed by atoms with Gasteiger partial charge in [0.25, 0.3) is 11.8 Å². The fourth-order valence-electron chi connectivity index (χ4n) is 2.17. The summed E-state index contributed by atoms with van der Waals surface area (Å²) in [5, 5.41) is 0.779. The van der Waals surface area contributed by atoms with E-state index in [9.17, 15) is 9.59 Å². The van der Waals surface area contributed by atoms with Gasteiger partial charge < -0.3 is 9.47 Å². The fourth-order valence-corrected chi connectivity index (χ4v) is 2.91. The SMILES string of the molecule is O=C1COCC(=O)N1CC1(CBr)CCOCC1. The Labute approximate surface area is 109 Å². The second kappa shape index (κ2) is 5.46. The molecule has 2 rings (SSSR count). The molecule has 0 unspecified atom stereocenters. The van der Waals surface area contributed by atoms with Gasteiger partial charge in [0.05, 0.1) is 0 Å². The first-order valence-electron chi connectivity index (χ1n) is 5.71. The highest BCUT2D eigenvalue weighted by Crippen LogP contribution is 2.33. The van der Waals surface area contributed by atoms with Crippen LogP contribution in [0.4, 0.5) is 0 Å². The van der Waals surface area contributed by atoms with Crippen LogP contribution in [0.2, 0.25) is 0 Å². The van der Waals surface area contributed by atoms with E-state index in [2.05, 4.69) is 15.9 Å².